The van der Waals surface area contributed by atoms with E-state index in [4.69, 9.17) is 4.42 Å². The lowest BCUT2D eigenvalue weighted by Crippen LogP contribution is -1.72. The molecule has 0 saturated heterocycles. The molecular weight excluding hydrogens is 299 g/mol. The highest BCUT2D eigenvalue weighted by Gasteiger charge is 2.08. The van der Waals surface area contributed by atoms with Crippen LogP contribution in [-0.2, 0) is 6.42 Å². The first kappa shape index (κ1) is 9.14. The molecule has 13 heavy (non-hydrogen) atoms. The van der Waals surface area contributed by atoms with E-state index in [-0.39, 0.29) is 0 Å². The van der Waals surface area contributed by atoms with Crippen molar-refractivity contribution in [2.24, 2.45) is 0 Å². The minimum atomic E-state index is 0.817. The quantitative estimate of drug-likeness (QED) is 0.801. The second kappa shape index (κ2) is 3.75. The highest BCUT2D eigenvalue weighted by molar-refractivity contribution is 14.1. The van der Waals surface area contributed by atoms with Gasteiger partial charge in [-0.05, 0) is 34.7 Å². The summed E-state index contributed by atoms with van der Waals surface area (Å²) in [5, 5.41) is 8.78. The summed E-state index contributed by atoms with van der Waals surface area (Å²) >= 11 is 3.68. The van der Waals surface area contributed by atoms with Gasteiger partial charge in [0.1, 0.15) is 5.76 Å². The maximum Gasteiger partial charge on any atom is 0.184 e. The molecule has 0 aliphatic carbocycles. The van der Waals surface area contributed by atoms with E-state index in [1.807, 2.05) is 12.1 Å². The fourth-order valence-corrected chi connectivity index (χ4v) is 2.25. The standard InChI is InChI=1S/C8H7IN2OS/c1-2-5-3-4-6(12-5)7-10-11-8(9)13-7/h3-4H,2H2,1H3. The van der Waals surface area contributed by atoms with Crippen molar-refractivity contribution in [2.45, 2.75) is 13.3 Å². The second-order valence-electron chi connectivity index (χ2n) is 2.48. The molecule has 0 spiro atoms. The van der Waals surface area contributed by atoms with Crippen molar-refractivity contribution in [3.63, 3.8) is 0 Å². The van der Waals surface area contributed by atoms with Crippen molar-refractivity contribution in [1.82, 2.24) is 10.2 Å². The number of furan rings is 1. The van der Waals surface area contributed by atoms with E-state index in [0.29, 0.717) is 0 Å². The van der Waals surface area contributed by atoms with Crippen LogP contribution in [0.15, 0.2) is 16.5 Å². The van der Waals surface area contributed by atoms with Gasteiger partial charge in [0.05, 0.1) is 0 Å². The van der Waals surface area contributed by atoms with Gasteiger partial charge < -0.3 is 4.42 Å². The van der Waals surface area contributed by atoms with Crippen LogP contribution in [-0.4, -0.2) is 10.2 Å². The summed E-state index contributed by atoms with van der Waals surface area (Å²) in [5.74, 6) is 1.80. The van der Waals surface area contributed by atoms with Gasteiger partial charge in [-0.25, -0.2) is 0 Å². The van der Waals surface area contributed by atoms with Crippen molar-refractivity contribution >= 4 is 33.9 Å². The summed E-state index contributed by atoms with van der Waals surface area (Å²) < 4.78 is 6.47. The lowest BCUT2D eigenvalue weighted by molar-refractivity contribution is 0.528. The molecule has 0 unspecified atom stereocenters. The van der Waals surface area contributed by atoms with Gasteiger partial charge in [-0.1, -0.05) is 18.3 Å². The molecular formula is C8H7IN2OS. The van der Waals surface area contributed by atoms with E-state index in [0.717, 1.165) is 26.0 Å². The minimum absolute atomic E-state index is 0.817. The zero-order valence-electron chi connectivity index (χ0n) is 6.95. The van der Waals surface area contributed by atoms with E-state index in [1.54, 1.807) is 0 Å². The number of nitrogens with zero attached hydrogens (tertiary/aromatic N) is 2. The van der Waals surface area contributed by atoms with Crippen LogP contribution in [0.25, 0.3) is 10.8 Å². The summed E-state index contributed by atoms with van der Waals surface area (Å²) in [4.78, 5) is 0. The molecule has 0 N–H and O–H groups in total. The third-order valence-electron chi connectivity index (χ3n) is 1.62. The van der Waals surface area contributed by atoms with Gasteiger partial charge in [0.15, 0.2) is 13.8 Å². The van der Waals surface area contributed by atoms with Crippen molar-refractivity contribution in [3.8, 4) is 10.8 Å². The summed E-state index contributed by atoms with van der Waals surface area (Å²) in [7, 11) is 0. The minimum Gasteiger partial charge on any atom is -0.459 e. The lowest BCUT2D eigenvalue weighted by atomic mass is 10.4. The normalized spacial score (nSPS) is 10.6. The molecule has 3 nitrogen and oxygen atoms in total. The molecule has 0 aromatic carbocycles. The first-order valence-electron chi connectivity index (χ1n) is 3.87. The van der Waals surface area contributed by atoms with E-state index in [2.05, 4.69) is 39.7 Å². The Bertz CT molecular complexity index is 410. The molecule has 2 heterocycles. The molecule has 68 valence electrons. The van der Waals surface area contributed by atoms with E-state index < -0.39 is 0 Å². The Balaban J connectivity index is 2.35. The number of hydrogen-bond acceptors (Lipinski definition) is 4. The molecule has 0 aliphatic heterocycles. The monoisotopic (exact) mass is 306 g/mol. The fraction of sp³-hybridized carbons (Fsp3) is 0.250. The fourth-order valence-electron chi connectivity index (χ4n) is 0.988. The third-order valence-corrected chi connectivity index (χ3v) is 3.22. The van der Waals surface area contributed by atoms with E-state index >= 15 is 0 Å². The topological polar surface area (TPSA) is 38.9 Å². The van der Waals surface area contributed by atoms with Crippen LogP contribution in [0.5, 0.6) is 0 Å². The number of hydrogen-bond donors (Lipinski definition) is 0. The lowest BCUT2D eigenvalue weighted by Gasteiger charge is -1.87. The van der Waals surface area contributed by atoms with Crippen LogP contribution in [0.1, 0.15) is 12.7 Å². The Labute approximate surface area is 93.3 Å². The number of halogens is 1. The molecule has 2 rings (SSSR count). The molecule has 0 radical (unpaired) electrons. The Morgan fingerprint density at radius 3 is 2.85 bits per heavy atom. The molecule has 0 amide bonds. The first-order chi connectivity index (χ1) is 6.29. The van der Waals surface area contributed by atoms with Gasteiger partial charge in [-0.15, -0.1) is 10.2 Å². The van der Waals surface area contributed by atoms with Gasteiger partial charge in [0, 0.05) is 6.42 Å². The van der Waals surface area contributed by atoms with E-state index in [1.165, 1.54) is 11.3 Å². The van der Waals surface area contributed by atoms with Crippen molar-refractivity contribution in [3.05, 3.63) is 20.9 Å². The van der Waals surface area contributed by atoms with Gasteiger partial charge in [-0.2, -0.15) is 0 Å². The molecule has 0 fully saturated rings. The molecule has 2 aromatic rings. The predicted octanol–water partition coefficient (Wildman–Crippen LogP) is 2.97. The molecule has 0 atom stereocenters. The van der Waals surface area contributed by atoms with Crippen LogP contribution in [0, 0.1) is 3.01 Å². The van der Waals surface area contributed by atoms with Crippen molar-refractivity contribution < 1.29 is 4.42 Å². The zero-order valence-corrected chi connectivity index (χ0v) is 9.92. The highest BCUT2D eigenvalue weighted by atomic mass is 127. The number of rotatable bonds is 2. The van der Waals surface area contributed by atoms with Crippen LogP contribution >= 0.6 is 33.9 Å². The smallest absolute Gasteiger partial charge is 0.184 e. The summed E-state index contributed by atoms with van der Waals surface area (Å²) in [6.07, 6.45) is 0.913. The third kappa shape index (κ3) is 1.91. The average molecular weight is 306 g/mol. The van der Waals surface area contributed by atoms with Gasteiger partial charge in [0.25, 0.3) is 0 Å². The van der Waals surface area contributed by atoms with Crippen LogP contribution in [0.2, 0.25) is 0 Å². The largest absolute Gasteiger partial charge is 0.459 e. The predicted molar refractivity (Wildman–Crippen MR) is 59.7 cm³/mol. The van der Waals surface area contributed by atoms with Crippen LogP contribution < -0.4 is 0 Å². The Hall–Kier alpha value is -0.430. The van der Waals surface area contributed by atoms with Gasteiger partial charge in [-0.3, -0.25) is 0 Å². The maximum atomic E-state index is 5.54. The molecule has 0 bridgehead atoms. The van der Waals surface area contributed by atoms with Crippen LogP contribution in [0.3, 0.4) is 0 Å². The van der Waals surface area contributed by atoms with Crippen LogP contribution in [0.4, 0.5) is 0 Å². The summed E-state index contributed by atoms with van der Waals surface area (Å²) in [5.41, 5.74) is 0. The molecule has 0 saturated carbocycles. The van der Waals surface area contributed by atoms with Crippen molar-refractivity contribution in [2.75, 3.05) is 0 Å². The highest BCUT2D eigenvalue weighted by Crippen LogP contribution is 2.26. The Kier molecular flexibility index (Phi) is 2.63. The zero-order chi connectivity index (χ0) is 9.26. The van der Waals surface area contributed by atoms with Gasteiger partial charge in [0.2, 0.25) is 0 Å². The SMILES string of the molecule is CCc1ccc(-c2nnc(I)s2)o1. The van der Waals surface area contributed by atoms with Gasteiger partial charge >= 0.3 is 0 Å². The Morgan fingerprint density at radius 1 is 1.46 bits per heavy atom. The van der Waals surface area contributed by atoms with E-state index in [9.17, 15) is 0 Å². The summed E-state index contributed by atoms with van der Waals surface area (Å²) in [6, 6.07) is 3.92. The number of aromatic nitrogens is 2. The molecule has 2 aromatic heterocycles. The summed E-state index contributed by atoms with van der Waals surface area (Å²) in [6.45, 7) is 2.06. The van der Waals surface area contributed by atoms with Crippen molar-refractivity contribution in [1.29, 1.82) is 0 Å². The Morgan fingerprint density at radius 2 is 2.31 bits per heavy atom. The number of aryl methyl sites for hydroxylation is 1. The second-order valence-corrected chi connectivity index (χ2v) is 5.21. The molecule has 5 heteroatoms. The average Bonchev–Trinajstić information content (AvgIpc) is 2.71. The molecule has 0 aliphatic rings. The maximum absolute atomic E-state index is 5.54. The first-order valence-corrected chi connectivity index (χ1v) is 5.77.